The van der Waals surface area contributed by atoms with Crippen LogP contribution >= 0.6 is 0 Å². The minimum Gasteiger partial charge on any atom is -0.490 e. The number of benzene rings is 2. The van der Waals surface area contributed by atoms with Crippen LogP contribution in [0.3, 0.4) is 0 Å². The fourth-order valence-corrected chi connectivity index (χ4v) is 4.01. The molecule has 4 heteroatoms. The number of ether oxygens (including phenoxy) is 1. The predicted molar refractivity (Wildman–Crippen MR) is 112 cm³/mol. The molecule has 4 rings (SSSR count). The van der Waals surface area contributed by atoms with E-state index in [1.54, 1.807) is 0 Å². The predicted octanol–water partition coefficient (Wildman–Crippen LogP) is 5.12. The molecule has 0 saturated carbocycles. The van der Waals surface area contributed by atoms with Crippen molar-refractivity contribution in [2.24, 2.45) is 0 Å². The summed E-state index contributed by atoms with van der Waals surface area (Å²) >= 11 is 0. The molecule has 0 amide bonds. The van der Waals surface area contributed by atoms with E-state index in [4.69, 9.17) is 9.15 Å². The van der Waals surface area contributed by atoms with Crippen molar-refractivity contribution in [3.8, 4) is 16.9 Å². The first-order valence-corrected chi connectivity index (χ1v) is 9.98. The van der Waals surface area contributed by atoms with Gasteiger partial charge < -0.3 is 14.1 Å². The van der Waals surface area contributed by atoms with Gasteiger partial charge in [0.15, 0.2) is 5.76 Å². The highest BCUT2D eigenvalue weighted by molar-refractivity contribution is 6.03. The highest BCUT2D eigenvalue weighted by Gasteiger charge is 2.24. The third-order valence-corrected chi connectivity index (χ3v) is 5.64. The number of piperidine rings is 1. The maximum atomic E-state index is 11.5. The van der Waals surface area contributed by atoms with Gasteiger partial charge >= 0.3 is 0 Å². The molecule has 0 bridgehead atoms. The van der Waals surface area contributed by atoms with Gasteiger partial charge in [0.2, 0.25) is 0 Å². The molecule has 2 aromatic carbocycles. The topological polar surface area (TPSA) is 42.7 Å². The van der Waals surface area contributed by atoms with E-state index in [9.17, 15) is 4.79 Å². The second kappa shape index (κ2) is 7.80. The van der Waals surface area contributed by atoms with Gasteiger partial charge in [0.05, 0.1) is 0 Å². The van der Waals surface area contributed by atoms with Crippen LogP contribution in [0.15, 0.2) is 46.9 Å². The first-order chi connectivity index (χ1) is 13.6. The Hall–Kier alpha value is -2.59. The van der Waals surface area contributed by atoms with Crippen LogP contribution in [-0.2, 0) is 4.79 Å². The van der Waals surface area contributed by atoms with Crippen molar-refractivity contribution in [1.29, 1.82) is 0 Å². The largest absolute Gasteiger partial charge is 0.490 e. The van der Waals surface area contributed by atoms with Gasteiger partial charge in [-0.1, -0.05) is 30.3 Å². The van der Waals surface area contributed by atoms with Crippen molar-refractivity contribution in [3.63, 3.8) is 0 Å². The second-order valence-electron chi connectivity index (χ2n) is 7.84. The van der Waals surface area contributed by atoms with Crippen LogP contribution in [0.2, 0.25) is 0 Å². The van der Waals surface area contributed by atoms with Crippen LogP contribution in [0.25, 0.3) is 22.1 Å². The Labute approximate surface area is 166 Å². The molecule has 1 aliphatic heterocycles. The van der Waals surface area contributed by atoms with Crippen LogP contribution in [0, 0.1) is 6.92 Å². The van der Waals surface area contributed by atoms with Gasteiger partial charge in [0, 0.05) is 36.1 Å². The Morgan fingerprint density at radius 3 is 2.50 bits per heavy atom. The Kier molecular flexibility index (Phi) is 5.23. The molecular formula is C24H26NO3. The van der Waals surface area contributed by atoms with Gasteiger partial charge in [-0.2, -0.15) is 0 Å². The normalized spacial score (nSPS) is 16.0. The van der Waals surface area contributed by atoms with Crippen molar-refractivity contribution in [2.45, 2.75) is 45.8 Å². The van der Waals surface area contributed by atoms with Crippen LogP contribution in [0.5, 0.6) is 5.75 Å². The molecule has 2 heterocycles. The van der Waals surface area contributed by atoms with Crippen LogP contribution in [-0.4, -0.2) is 36.4 Å². The van der Waals surface area contributed by atoms with E-state index < -0.39 is 0 Å². The number of nitrogens with zero attached hydrogens (tertiary/aromatic N) is 1. The van der Waals surface area contributed by atoms with Gasteiger partial charge in [-0.3, -0.25) is 4.79 Å². The monoisotopic (exact) mass is 376 g/mol. The number of aryl methyl sites for hydroxylation is 1. The summed E-state index contributed by atoms with van der Waals surface area (Å²) in [7, 11) is 0. The summed E-state index contributed by atoms with van der Waals surface area (Å²) in [6.45, 7) is 8.65. The molecule has 1 aromatic heterocycles. The van der Waals surface area contributed by atoms with Crippen molar-refractivity contribution >= 4 is 17.3 Å². The average molecular weight is 376 g/mol. The lowest BCUT2D eigenvalue weighted by Crippen LogP contribution is -2.41. The second-order valence-corrected chi connectivity index (χ2v) is 7.84. The third-order valence-electron chi connectivity index (χ3n) is 5.64. The summed E-state index contributed by atoms with van der Waals surface area (Å²) in [6.07, 6.45) is 4.22. The molecule has 0 unspecified atom stereocenters. The standard InChI is InChI=1S/C24H26NO3/c1-16(2)25-11-9-19(10-12-25)27-21-14-22-20(13-17(21)3)24(23(15-26)28-22)18-7-5-4-6-8-18/h4-8,13-14,16,19H,9-12H2,1-3H3. The third kappa shape index (κ3) is 3.57. The van der Waals surface area contributed by atoms with Gasteiger partial charge in [0.1, 0.15) is 17.4 Å². The number of carbonyl (C=O) groups excluding carboxylic acids is 1. The SMILES string of the molecule is Cc1cc2c(-c3ccccc3)c([C]=O)oc2cc1OC1CCN(C(C)C)CC1. The summed E-state index contributed by atoms with van der Waals surface area (Å²) < 4.78 is 12.1. The van der Waals surface area contributed by atoms with E-state index in [1.807, 2.05) is 49.6 Å². The summed E-state index contributed by atoms with van der Waals surface area (Å²) in [4.78, 5) is 14.0. The summed E-state index contributed by atoms with van der Waals surface area (Å²) in [5, 5.41) is 0.920. The molecule has 1 radical (unpaired) electrons. The maximum Gasteiger partial charge on any atom is 0.272 e. The zero-order valence-corrected chi connectivity index (χ0v) is 16.7. The fourth-order valence-electron chi connectivity index (χ4n) is 4.01. The number of rotatable bonds is 5. The quantitative estimate of drug-likeness (QED) is 0.620. The smallest absolute Gasteiger partial charge is 0.272 e. The minimum absolute atomic E-state index is 0.215. The highest BCUT2D eigenvalue weighted by Crippen LogP contribution is 2.38. The zero-order chi connectivity index (χ0) is 19.7. The van der Waals surface area contributed by atoms with E-state index in [0.29, 0.717) is 11.6 Å². The van der Waals surface area contributed by atoms with Gasteiger partial charge in [-0.15, -0.1) is 0 Å². The number of furan rings is 1. The lowest BCUT2D eigenvalue weighted by molar-refractivity contribution is 0.0839. The van der Waals surface area contributed by atoms with Gasteiger partial charge in [-0.05, 0) is 50.8 Å². The zero-order valence-electron chi connectivity index (χ0n) is 16.7. The van der Waals surface area contributed by atoms with Crippen LogP contribution < -0.4 is 4.74 Å². The van der Waals surface area contributed by atoms with Gasteiger partial charge in [0.25, 0.3) is 6.29 Å². The van der Waals surface area contributed by atoms with Crippen LogP contribution in [0.1, 0.15) is 38.0 Å². The van der Waals surface area contributed by atoms with Crippen molar-refractivity contribution in [3.05, 3.63) is 53.8 Å². The molecule has 0 aliphatic carbocycles. The molecule has 1 aliphatic rings. The molecular weight excluding hydrogens is 350 g/mol. The van der Waals surface area contributed by atoms with Crippen LogP contribution in [0.4, 0.5) is 0 Å². The summed E-state index contributed by atoms with van der Waals surface area (Å²) in [5.74, 6) is 1.07. The molecule has 0 spiro atoms. The molecule has 1 saturated heterocycles. The molecule has 0 atom stereocenters. The first-order valence-electron chi connectivity index (χ1n) is 9.98. The number of likely N-dealkylation sites (tertiary alicyclic amines) is 1. The number of hydrogen-bond donors (Lipinski definition) is 0. The summed E-state index contributed by atoms with van der Waals surface area (Å²) in [5.41, 5.74) is 3.46. The Morgan fingerprint density at radius 2 is 1.86 bits per heavy atom. The number of hydrogen-bond acceptors (Lipinski definition) is 4. The van der Waals surface area contributed by atoms with E-state index >= 15 is 0 Å². The Morgan fingerprint density at radius 1 is 1.14 bits per heavy atom. The molecule has 4 nitrogen and oxygen atoms in total. The lowest BCUT2D eigenvalue weighted by Gasteiger charge is -2.34. The molecule has 1 fully saturated rings. The maximum absolute atomic E-state index is 11.5. The van der Waals surface area contributed by atoms with Crippen molar-refractivity contribution in [2.75, 3.05) is 13.1 Å². The molecule has 3 aromatic rings. The van der Waals surface area contributed by atoms with E-state index in [2.05, 4.69) is 24.8 Å². The Bertz CT molecular complexity index is 966. The molecule has 145 valence electrons. The van der Waals surface area contributed by atoms with Crippen molar-refractivity contribution < 1.29 is 13.9 Å². The minimum atomic E-state index is 0.215. The van der Waals surface area contributed by atoms with Gasteiger partial charge in [-0.25, -0.2) is 0 Å². The highest BCUT2D eigenvalue weighted by atomic mass is 16.5. The average Bonchev–Trinajstić information content (AvgIpc) is 3.06. The first kappa shape index (κ1) is 18.8. The van der Waals surface area contributed by atoms with E-state index in [1.165, 1.54) is 0 Å². The fraction of sp³-hybridized carbons (Fsp3) is 0.375. The lowest BCUT2D eigenvalue weighted by atomic mass is 10.0. The summed E-state index contributed by atoms with van der Waals surface area (Å²) in [6, 6.07) is 14.4. The number of fused-ring (bicyclic) bond motifs is 1. The van der Waals surface area contributed by atoms with E-state index in [-0.39, 0.29) is 11.9 Å². The Balaban J connectivity index is 1.64. The van der Waals surface area contributed by atoms with Crippen molar-refractivity contribution in [1.82, 2.24) is 4.90 Å². The molecule has 0 N–H and O–H groups in total. The van der Waals surface area contributed by atoms with E-state index in [0.717, 1.165) is 53.8 Å². The molecule has 28 heavy (non-hydrogen) atoms.